The van der Waals surface area contributed by atoms with Crippen LogP contribution in [0.5, 0.6) is 5.75 Å². The summed E-state index contributed by atoms with van der Waals surface area (Å²) in [4.78, 5) is 28.4. The van der Waals surface area contributed by atoms with E-state index in [1.165, 1.54) is 23.6 Å². The van der Waals surface area contributed by atoms with Gasteiger partial charge in [-0.15, -0.1) is 11.3 Å². The number of rotatable bonds is 6. The van der Waals surface area contributed by atoms with Crippen molar-refractivity contribution in [2.75, 3.05) is 19.0 Å². The number of hydrogen-bond donors (Lipinski definition) is 1. The van der Waals surface area contributed by atoms with E-state index in [4.69, 9.17) is 9.47 Å². The van der Waals surface area contributed by atoms with E-state index in [9.17, 15) is 14.0 Å². The number of esters is 1. The molecule has 1 amide bonds. The molecule has 0 saturated carbocycles. The summed E-state index contributed by atoms with van der Waals surface area (Å²) >= 11 is 1.19. The number of ether oxygens (including phenoxy) is 2. The first kappa shape index (κ1) is 19.5. The van der Waals surface area contributed by atoms with Crippen LogP contribution in [0.3, 0.4) is 0 Å². The fraction of sp³-hybridized carbons (Fsp3) is 0.150. The number of benzene rings is 1. The van der Waals surface area contributed by atoms with Crippen LogP contribution in [-0.4, -0.2) is 30.6 Å². The Labute approximate surface area is 164 Å². The summed E-state index contributed by atoms with van der Waals surface area (Å²) in [5, 5.41) is 4.75. The largest absolute Gasteiger partial charge is 0.497 e. The Morgan fingerprint density at radius 2 is 1.96 bits per heavy atom. The first-order chi connectivity index (χ1) is 13.5. The lowest BCUT2D eigenvalue weighted by Gasteiger charge is -2.09. The number of anilines is 1. The van der Waals surface area contributed by atoms with E-state index < -0.39 is 17.8 Å². The van der Waals surface area contributed by atoms with Gasteiger partial charge in [-0.05, 0) is 30.7 Å². The van der Waals surface area contributed by atoms with Gasteiger partial charge in [0.1, 0.15) is 16.3 Å². The minimum absolute atomic E-state index is 0.0988. The fourth-order valence-corrected chi connectivity index (χ4v) is 3.51. The summed E-state index contributed by atoms with van der Waals surface area (Å²) in [5.74, 6) is -1.17. The zero-order valence-electron chi connectivity index (χ0n) is 15.2. The minimum atomic E-state index is -0.761. The molecule has 6 nitrogen and oxygen atoms in total. The summed E-state index contributed by atoms with van der Waals surface area (Å²) in [5.41, 5.74) is 1.75. The second kappa shape index (κ2) is 8.62. The maximum atomic E-state index is 13.3. The Morgan fingerprint density at radius 3 is 2.61 bits per heavy atom. The molecular formula is C20H17FN2O4S. The normalized spacial score (nSPS) is 10.4. The summed E-state index contributed by atoms with van der Waals surface area (Å²) in [6.45, 7) is 1.90. The van der Waals surface area contributed by atoms with Gasteiger partial charge in [-0.1, -0.05) is 12.1 Å². The van der Waals surface area contributed by atoms with Gasteiger partial charge in [0, 0.05) is 28.8 Å². The molecule has 2 heterocycles. The molecule has 0 bridgehead atoms. The molecule has 28 heavy (non-hydrogen) atoms. The number of carbonyl (C=O) groups is 2. The van der Waals surface area contributed by atoms with Crippen molar-refractivity contribution in [1.29, 1.82) is 0 Å². The standard InChI is InChI=1S/C20H17FN2O4S/c1-3-27-20(25)17-15(12-4-6-14(26-2)7-5-12)11-28-19(17)23-18(24)13-8-9-22-16(21)10-13/h4-11H,3H2,1-2H3,(H,23,24). The zero-order chi connectivity index (χ0) is 20.1. The van der Waals surface area contributed by atoms with Crippen LogP contribution in [0.4, 0.5) is 9.39 Å². The van der Waals surface area contributed by atoms with Crippen molar-refractivity contribution in [2.45, 2.75) is 6.92 Å². The highest BCUT2D eigenvalue weighted by molar-refractivity contribution is 7.15. The Morgan fingerprint density at radius 1 is 1.21 bits per heavy atom. The van der Waals surface area contributed by atoms with Crippen molar-refractivity contribution in [3.63, 3.8) is 0 Å². The number of methoxy groups -OCH3 is 1. The van der Waals surface area contributed by atoms with Gasteiger partial charge in [0.05, 0.1) is 13.7 Å². The smallest absolute Gasteiger partial charge is 0.341 e. The molecule has 0 aliphatic carbocycles. The molecule has 0 atom stereocenters. The van der Waals surface area contributed by atoms with Crippen molar-refractivity contribution in [3.8, 4) is 16.9 Å². The number of pyridine rings is 1. The highest BCUT2D eigenvalue weighted by Crippen LogP contribution is 2.37. The lowest BCUT2D eigenvalue weighted by Crippen LogP contribution is -2.15. The SMILES string of the molecule is CCOC(=O)c1c(-c2ccc(OC)cc2)csc1NC(=O)c1ccnc(F)c1. The van der Waals surface area contributed by atoms with E-state index in [0.29, 0.717) is 16.3 Å². The minimum Gasteiger partial charge on any atom is -0.497 e. The van der Waals surface area contributed by atoms with E-state index in [1.54, 1.807) is 31.5 Å². The Balaban J connectivity index is 1.97. The second-order valence-corrected chi connectivity index (χ2v) is 6.50. The van der Waals surface area contributed by atoms with Gasteiger partial charge < -0.3 is 14.8 Å². The lowest BCUT2D eigenvalue weighted by molar-refractivity contribution is 0.0529. The molecule has 0 unspecified atom stereocenters. The molecule has 2 aromatic heterocycles. The van der Waals surface area contributed by atoms with Gasteiger partial charge in [0.15, 0.2) is 0 Å². The number of carbonyl (C=O) groups excluding carboxylic acids is 2. The summed E-state index contributed by atoms with van der Waals surface area (Å²) in [7, 11) is 1.57. The van der Waals surface area contributed by atoms with E-state index in [-0.39, 0.29) is 17.7 Å². The Kier molecular flexibility index (Phi) is 6.00. The molecule has 3 rings (SSSR count). The van der Waals surface area contributed by atoms with Gasteiger partial charge in [-0.2, -0.15) is 4.39 Å². The zero-order valence-corrected chi connectivity index (χ0v) is 16.0. The fourth-order valence-electron chi connectivity index (χ4n) is 2.56. The first-order valence-electron chi connectivity index (χ1n) is 8.39. The van der Waals surface area contributed by atoms with Crippen molar-refractivity contribution in [3.05, 3.63) is 65.0 Å². The Bertz CT molecular complexity index is 1000. The number of halogens is 1. The van der Waals surface area contributed by atoms with Gasteiger partial charge >= 0.3 is 5.97 Å². The third-order valence-electron chi connectivity index (χ3n) is 3.89. The molecule has 0 radical (unpaired) electrons. The predicted molar refractivity (Wildman–Crippen MR) is 104 cm³/mol. The quantitative estimate of drug-likeness (QED) is 0.491. The number of hydrogen-bond acceptors (Lipinski definition) is 6. The van der Waals surface area contributed by atoms with Crippen molar-refractivity contribution >= 4 is 28.2 Å². The monoisotopic (exact) mass is 400 g/mol. The molecular weight excluding hydrogens is 383 g/mol. The average Bonchev–Trinajstić information content (AvgIpc) is 3.11. The van der Waals surface area contributed by atoms with E-state index in [1.807, 2.05) is 12.1 Å². The molecule has 144 valence electrons. The summed E-state index contributed by atoms with van der Waals surface area (Å²) in [6, 6.07) is 9.60. The third kappa shape index (κ3) is 4.17. The molecule has 1 N–H and O–H groups in total. The highest BCUT2D eigenvalue weighted by atomic mass is 32.1. The molecule has 0 aliphatic rings. The van der Waals surface area contributed by atoms with Crippen molar-refractivity contribution in [1.82, 2.24) is 4.98 Å². The maximum Gasteiger partial charge on any atom is 0.341 e. The number of amides is 1. The topological polar surface area (TPSA) is 77.5 Å². The Hall–Kier alpha value is -3.26. The van der Waals surface area contributed by atoms with Gasteiger partial charge in [0.2, 0.25) is 5.95 Å². The van der Waals surface area contributed by atoms with Crippen molar-refractivity contribution < 1.29 is 23.5 Å². The molecule has 1 aromatic carbocycles. The van der Waals surface area contributed by atoms with Crippen LogP contribution < -0.4 is 10.1 Å². The van der Waals surface area contributed by atoms with Crippen LogP contribution in [0.25, 0.3) is 11.1 Å². The summed E-state index contributed by atoms with van der Waals surface area (Å²) in [6.07, 6.45) is 1.20. The van der Waals surface area contributed by atoms with Crippen molar-refractivity contribution in [2.24, 2.45) is 0 Å². The molecule has 8 heteroatoms. The third-order valence-corrected chi connectivity index (χ3v) is 4.78. The number of thiophene rings is 1. The first-order valence-corrected chi connectivity index (χ1v) is 9.27. The number of aromatic nitrogens is 1. The van der Waals surface area contributed by atoms with Crippen LogP contribution in [0, 0.1) is 5.95 Å². The van der Waals surface area contributed by atoms with E-state index in [0.717, 1.165) is 11.6 Å². The average molecular weight is 400 g/mol. The van der Waals surface area contributed by atoms with Crippen LogP contribution in [-0.2, 0) is 4.74 Å². The van der Waals surface area contributed by atoms with Gasteiger partial charge in [0.25, 0.3) is 5.91 Å². The number of nitrogens with zero attached hydrogens (tertiary/aromatic N) is 1. The van der Waals surface area contributed by atoms with Gasteiger partial charge in [-0.3, -0.25) is 4.79 Å². The van der Waals surface area contributed by atoms with E-state index in [2.05, 4.69) is 10.3 Å². The van der Waals surface area contributed by atoms with Crippen LogP contribution >= 0.6 is 11.3 Å². The molecule has 0 spiro atoms. The molecule has 3 aromatic rings. The predicted octanol–water partition coefficient (Wildman–Crippen LogP) is 4.39. The molecule has 0 saturated heterocycles. The lowest BCUT2D eigenvalue weighted by atomic mass is 10.0. The second-order valence-electron chi connectivity index (χ2n) is 5.62. The highest BCUT2D eigenvalue weighted by Gasteiger charge is 2.23. The molecule has 0 fully saturated rings. The number of nitrogens with one attached hydrogen (secondary N) is 1. The molecule has 0 aliphatic heterocycles. The van der Waals surface area contributed by atoms with Crippen LogP contribution in [0.2, 0.25) is 0 Å². The summed E-state index contributed by atoms with van der Waals surface area (Å²) < 4.78 is 23.6. The van der Waals surface area contributed by atoms with Gasteiger partial charge in [-0.25, -0.2) is 9.78 Å². The van der Waals surface area contributed by atoms with Crippen LogP contribution in [0.1, 0.15) is 27.6 Å². The maximum absolute atomic E-state index is 13.3. The van der Waals surface area contributed by atoms with Crippen LogP contribution in [0.15, 0.2) is 48.0 Å². The van der Waals surface area contributed by atoms with E-state index >= 15 is 0 Å².